The van der Waals surface area contributed by atoms with Gasteiger partial charge in [0.15, 0.2) is 0 Å². The number of halogens is 1. The largest absolute Gasteiger partial charge is 0.239 e. The maximum atomic E-state index is 8.36. The Hall–Kier alpha value is -0.950. The first-order valence-electron chi connectivity index (χ1n) is 2.64. The third kappa shape index (κ3) is 1.52. The molecule has 0 saturated carbocycles. The molecule has 0 amide bonds. The second-order valence-corrected chi connectivity index (χ2v) is 2.19. The molecule has 4 heteroatoms. The fourth-order valence-electron chi connectivity index (χ4n) is 0.482. The van der Waals surface area contributed by atoms with Crippen molar-refractivity contribution < 1.29 is 0 Å². The molecule has 0 spiro atoms. The molecule has 0 aliphatic heterocycles. The summed E-state index contributed by atoms with van der Waals surface area (Å²) >= 11 is 3.20. The van der Waals surface area contributed by atoms with Gasteiger partial charge >= 0.3 is 0 Å². The zero-order valence-electron chi connectivity index (χ0n) is 5.08. The van der Waals surface area contributed by atoms with E-state index in [4.69, 9.17) is 5.26 Å². The van der Waals surface area contributed by atoms with E-state index >= 15 is 0 Å². The number of rotatable bonds is 1. The minimum Gasteiger partial charge on any atom is -0.239 e. The molecule has 1 aromatic rings. The summed E-state index contributed by atoms with van der Waals surface area (Å²) in [5.74, 6) is 0.694. The van der Waals surface area contributed by atoms with Crippen LogP contribution < -0.4 is 0 Å². The highest BCUT2D eigenvalue weighted by Gasteiger charge is 1.92. The van der Waals surface area contributed by atoms with E-state index < -0.39 is 0 Å². The van der Waals surface area contributed by atoms with Gasteiger partial charge in [0.1, 0.15) is 11.9 Å². The highest BCUT2D eigenvalue weighted by atomic mass is 79.9. The molecule has 0 bridgehead atoms. The lowest BCUT2D eigenvalue weighted by Gasteiger charge is -1.90. The zero-order chi connectivity index (χ0) is 7.40. The van der Waals surface area contributed by atoms with Crippen molar-refractivity contribution in [2.24, 2.45) is 0 Å². The Kier molecular flexibility index (Phi) is 2.35. The van der Waals surface area contributed by atoms with Crippen LogP contribution in [0.15, 0.2) is 12.4 Å². The minimum atomic E-state index is 0.490. The summed E-state index contributed by atoms with van der Waals surface area (Å²) in [6, 6.07) is 1.94. The van der Waals surface area contributed by atoms with Crippen LogP contribution in [0.3, 0.4) is 0 Å². The van der Waals surface area contributed by atoms with Gasteiger partial charge in [-0.3, -0.25) is 0 Å². The van der Waals surface area contributed by atoms with Gasteiger partial charge in [-0.15, -0.1) is 0 Å². The van der Waals surface area contributed by atoms with E-state index in [0.29, 0.717) is 16.7 Å². The van der Waals surface area contributed by atoms with Crippen molar-refractivity contribution in [2.45, 2.75) is 5.33 Å². The van der Waals surface area contributed by atoms with Gasteiger partial charge in [0.2, 0.25) is 0 Å². The van der Waals surface area contributed by atoms with Crippen LogP contribution in [0.1, 0.15) is 11.4 Å². The van der Waals surface area contributed by atoms with E-state index in [9.17, 15) is 0 Å². The Morgan fingerprint density at radius 3 is 2.50 bits per heavy atom. The molecular formula is C6H4BrN3. The van der Waals surface area contributed by atoms with Crippen molar-refractivity contribution in [2.75, 3.05) is 0 Å². The Morgan fingerprint density at radius 2 is 2.10 bits per heavy atom. The molecule has 0 unspecified atom stereocenters. The van der Waals surface area contributed by atoms with Crippen LogP contribution in [0.4, 0.5) is 0 Å². The summed E-state index contributed by atoms with van der Waals surface area (Å²) in [6.07, 6.45) is 3.01. The Bertz CT molecular complexity index is 249. The maximum absolute atomic E-state index is 8.36. The average Bonchev–Trinajstić information content (AvgIpc) is 2.05. The predicted molar refractivity (Wildman–Crippen MR) is 39.4 cm³/mol. The van der Waals surface area contributed by atoms with Crippen LogP contribution >= 0.6 is 15.9 Å². The zero-order valence-corrected chi connectivity index (χ0v) is 6.67. The maximum Gasteiger partial charge on any atom is 0.138 e. The lowest BCUT2D eigenvalue weighted by atomic mass is 10.4. The normalized spacial score (nSPS) is 8.80. The first-order chi connectivity index (χ1) is 4.86. The van der Waals surface area contributed by atoms with Crippen molar-refractivity contribution in [3.63, 3.8) is 0 Å². The molecule has 0 aromatic carbocycles. The van der Waals surface area contributed by atoms with Crippen molar-refractivity contribution in [1.29, 1.82) is 5.26 Å². The fourth-order valence-corrected chi connectivity index (χ4v) is 0.771. The topological polar surface area (TPSA) is 49.6 Å². The summed E-state index contributed by atoms with van der Waals surface area (Å²) in [7, 11) is 0. The van der Waals surface area contributed by atoms with Crippen molar-refractivity contribution in [3.05, 3.63) is 23.8 Å². The van der Waals surface area contributed by atoms with Crippen molar-refractivity contribution in [1.82, 2.24) is 9.97 Å². The van der Waals surface area contributed by atoms with E-state index in [1.807, 2.05) is 6.07 Å². The Balaban J connectivity index is 2.93. The second-order valence-electron chi connectivity index (χ2n) is 1.63. The van der Waals surface area contributed by atoms with Gasteiger partial charge in [-0.1, -0.05) is 15.9 Å². The lowest BCUT2D eigenvalue weighted by molar-refractivity contribution is 1.03. The summed E-state index contributed by atoms with van der Waals surface area (Å²) in [5, 5.41) is 8.98. The highest BCUT2D eigenvalue weighted by molar-refractivity contribution is 9.08. The molecule has 50 valence electrons. The van der Waals surface area contributed by atoms with Gasteiger partial charge in [0.25, 0.3) is 0 Å². The summed E-state index contributed by atoms with van der Waals surface area (Å²) in [4.78, 5) is 7.78. The van der Waals surface area contributed by atoms with E-state index in [1.54, 1.807) is 0 Å². The van der Waals surface area contributed by atoms with Crippen LogP contribution in [0.25, 0.3) is 0 Å². The standard InChI is InChI=1S/C6H4BrN3/c7-1-6-9-3-5(2-8)4-10-6/h3-4H,1H2. The van der Waals surface area contributed by atoms with Crippen LogP contribution in [0.2, 0.25) is 0 Å². The molecule has 0 fully saturated rings. The van der Waals surface area contributed by atoms with E-state index in [2.05, 4.69) is 25.9 Å². The third-order valence-electron chi connectivity index (χ3n) is 0.954. The van der Waals surface area contributed by atoms with Crippen LogP contribution in [0, 0.1) is 11.3 Å². The summed E-state index contributed by atoms with van der Waals surface area (Å²) in [6.45, 7) is 0. The van der Waals surface area contributed by atoms with Crippen molar-refractivity contribution in [3.8, 4) is 6.07 Å². The molecule has 0 aliphatic carbocycles. The molecule has 3 nitrogen and oxygen atoms in total. The SMILES string of the molecule is N#Cc1cnc(CBr)nc1. The molecule has 1 aromatic heterocycles. The first-order valence-corrected chi connectivity index (χ1v) is 3.76. The van der Waals surface area contributed by atoms with E-state index in [1.165, 1.54) is 12.4 Å². The number of nitrogens with zero attached hydrogens (tertiary/aromatic N) is 3. The molecule has 1 rings (SSSR count). The second kappa shape index (κ2) is 3.28. The van der Waals surface area contributed by atoms with Crippen molar-refractivity contribution >= 4 is 15.9 Å². The van der Waals surface area contributed by atoms with E-state index in [0.717, 1.165) is 0 Å². The number of nitriles is 1. The minimum absolute atomic E-state index is 0.490. The molecule has 1 heterocycles. The molecule has 0 atom stereocenters. The van der Waals surface area contributed by atoms with E-state index in [-0.39, 0.29) is 0 Å². The first kappa shape index (κ1) is 7.16. The predicted octanol–water partition coefficient (Wildman–Crippen LogP) is 1.24. The smallest absolute Gasteiger partial charge is 0.138 e. The third-order valence-corrected chi connectivity index (χ3v) is 1.46. The van der Waals surface area contributed by atoms with Crippen LogP contribution in [-0.4, -0.2) is 9.97 Å². The van der Waals surface area contributed by atoms with Gasteiger partial charge < -0.3 is 0 Å². The summed E-state index contributed by atoms with van der Waals surface area (Å²) < 4.78 is 0. The average molecular weight is 198 g/mol. The van der Waals surface area contributed by atoms with Gasteiger partial charge in [-0.05, 0) is 0 Å². The highest BCUT2D eigenvalue weighted by Crippen LogP contribution is 1.97. The number of aromatic nitrogens is 2. The fraction of sp³-hybridized carbons (Fsp3) is 0.167. The molecule has 0 radical (unpaired) electrons. The lowest BCUT2D eigenvalue weighted by Crippen LogP contribution is -1.89. The van der Waals surface area contributed by atoms with Gasteiger partial charge in [-0.2, -0.15) is 5.26 Å². The Labute approximate surface area is 66.9 Å². The molecule has 0 N–H and O–H groups in total. The molecule has 0 saturated heterocycles. The molecule has 10 heavy (non-hydrogen) atoms. The molecular weight excluding hydrogens is 194 g/mol. The van der Waals surface area contributed by atoms with Gasteiger partial charge in [-0.25, -0.2) is 9.97 Å². The summed E-state index contributed by atoms with van der Waals surface area (Å²) in [5.41, 5.74) is 0.490. The molecule has 0 aliphatic rings. The Morgan fingerprint density at radius 1 is 1.50 bits per heavy atom. The number of hydrogen-bond acceptors (Lipinski definition) is 3. The number of alkyl halides is 1. The van der Waals surface area contributed by atoms with Crippen LogP contribution in [0.5, 0.6) is 0 Å². The van der Waals surface area contributed by atoms with Gasteiger partial charge in [0.05, 0.1) is 10.9 Å². The van der Waals surface area contributed by atoms with Crippen LogP contribution in [-0.2, 0) is 5.33 Å². The number of hydrogen-bond donors (Lipinski definition) is 0. The monoisotopic (exact) mass is 197 g/mol. The van der Waals surface area contributed by atoms with Gasteiger partial charge in [0, 0.05) is 12.4 Å². The quantitative estimate of drug-likeness (QED) is 0.638.